The van der Waals surface area contributed by atoms with Gasteiger partial charge < -0.3 is 5.32 Å². The summed E-state index contributed by atoms with van der Waals surface area (Å²) in [6, 6.07) is 19.6. The minimum absolute atomic E-state index is 0.0992. The van der Waals surface area contributed by atoms with Gasteiger partial charge in [-0.2, -0.15) is 0 Å². The molecular formula is C25H24N2OS. The van der Waals surface area contributed by atoms with E-state index in [2.05, 4.69) is 34.2 Å². The number of piperidine rings is 1. The third-order valence-electron chi connectivity index (χ3n) is 5.04. The van der Waals surface area contributed by atoms with E-state index in [1.165, 1.54) is 37.9 Å². The first-order valence-electron chi connectivity index (χ1n) is 10.0. The summed E-state index contributed by atoms with van der Waals surface area (Å²) in [7, 11) is 0. The van der Waals surface area contributed by atoms with Crippen LogP contribution in [0.5, 0.6) is 0 Å². The molecule has 1 aliphatic heterocycles. The van der Waals surface area contributed by atoms with Crippen molar-refractivity contribution in [1.29, 1.82) is 0 Å². The van der Waals surface area contributed by atoms with E-state index in [4.69, 9.17) is 0 Å². The zero-order valence-electron chi connectivity index (χ0n) is 16.4. The molecule has 0 spiro atoms. The van der Waals surface area contributed by atoms with Gasteiger partial charge in [-0.15, -0.1) is 11.3 Å². The lowest BCUT2D eigenvalue weighted by Gasteiger charge is -2.26. The average Bonchev–Trinajstić information content (AvgIpc) is 3.28. The highest BCUT2D eigenvalue weighted by Gasteiger charge is 2.11. The fraction of sp³-hybridized carbons (Fsp3) is 0.240. The van der Waals surface area contributed by atoms with Crippen LogP contribution in [-0.4, -0.2) is 23.9 Å². The van der Waals surface area contributed by atoms with Crippen molar-refractivity contribution in [3.63, 3.8) is 0 Å². The monoisotopic (exact) mass is 400 g/mol. The van der Waals surface area contributed by atoms with Crippen molar-refractivity contribution >= 4 is 22.9 Å². The molecule has 1 fully saturated rings. The largest absolute Gasteiger partial charge is 0.322 e. The molecule has 146 valence electrons. The van der Waals surface area contributed by atoms with Crippen molar-refractivity contribution in [3.8, 4) is 11.8 Å². The van der Waals surface area contributed by atoms with Crippen molar-refractivity contribution in [1.82, 2.24) is 4.90 Å². The van der Waals surface area contributed by atoms with Crippen LogP contribution in [-0.2, 0) is 6.54 Å². The van der Waals surface area contributed by atoms with Crippen LogP contribution in [0.2, 0.25) is 0 Å². The maximum absolute atomic E-state index is 12.6. The Hall–Kier alpha value is -2.87. The molecule has 0 unspecified atom stereocenters. The molecule has 1 saturated heterocycles. The second-order valence-electron chi connectivity index (χ2n) is 7.30. The fourth-order valence-corrected chi connectivity index (χ4v) is 4.07. The van der Waals surface area contributed by atoms with E-state index in [1.807, 2.05) is 53.9 Å². The highest BCUT2D eigenvalue weighted by atomic mass is 32.1. The molecule has 0 aliphatic carbocycles. The second-order valence-corrected chi connectivity index (χ2v) is 8.24. The lowest BCUT2D eigenvalue weighted by molar-refractivity contribution is 0.102. The van der Waals surface area contributed by atoms with E-state index in [9.17, 15) is 4.79 Å². The number of nitrogens with zero attached hydrogens (tertiary/aromatic N) is 1. The van der Waals surface area contributed by atoms with Gasteiger partial charge in [-0.05, 0) is 73.3 Å². The Morgan fingerprint density at radius 1 is 0.966 bits per heavy atom. The van der Waals surface area contributed by atoms with Gasteiger partial charge in [-0.1, -0.05) is 42.5 Å². The van der Waals surface area contributed by atoms with Gasteiger partial charge in [0.05, 0.1) is 4.88 Å². The number of amides is 1. The van der Waals surface area contributed by atoms with E-state index in [0.29, 0.717) is 5.56 Å². The SMILES string of the molecule is O=C(Nc1cccc(C#Cc2cccs2)c1)c1ccc(CN2CCCCC2)cc1. The zero-order valence-corrected chi connectivity index (χ0v) is 17.2. The van der Waals surface area contributed by atoms with Gasteiger partial charge in [-0.25, -0.2) is 0 Å². The van der Waals surface area contributed by atoms with Crippen LogP contribution >= 0.6 is 11.3 Å². The van der Waals surface area contributed by atoms with Crippen LogP contribution in [0.3, 0.4) is 0 Å². The van der Waals surface area contributed by atoms with E-state index in [1.54, 1.807) is 11.3 Å². The molecule has 4 rings (SSSR count). The highest BCUT2D eigenvalue weighted by molar-refractivity contribution is 7.10. The third kappa shape index (κ3) is 5.57. The summed E-state index contributed by atoms with van der Waals surface area (Å²) in [4.78, 5) is 16.1. The molecular weight excluding hydrogens is 376 g/mol. The summed E-state index contributed by atoms with van der Waals surface area (Å²) < 4.78 is 0. The van der Waals surface area contributed by atoms with Gasteiger partial charge in [0.15, 0.2) is 0 Å². The van der Waals surface area contributed by atoms with Crippen molar-refractivity contribution in [2.24, 2.45) is 0 Å². The van der Waals surface area contributed by atoms with Crippen molar-refractivity contribution in [2.75, 3.05) is 18.4 Å². The minimum Gasteiger partial charge on any atom is -0.322 e. The molecule has 2 heterocycles. The fourth-order valence-electron chi connectivity index (χ4n) is 3.50. The molecule has 3 nitrogen and oxygen atoms in total. The molecule has 1 N–H and O–H groups in total. The van der Waals surface area contributed by atoms with Crippen LogP contribution in [0.15, 0.2) is 66.0 Å². The van der Waals surface area contributed by atoms with Crippen molar-refractivity contribution in [2.45, 2.75) is 25.8 Å². The Morgan fingerprint density at radius 3 is 2.55 bits per heavy atom. The number of carbonyl (C=O) groups is 1. The number of hydrogen-bond acceptors (Lipinski definition) is 3. The number of benzene rings is 2. The number of carbonyl (C=O) groups excluding carboxylic acids is 1. The quantitative estimate of drug-likeness (QED) is 0.596. The van der Waals surface area contributed by atoms with E-state index >= 15 is 0 Å². The highest BCUT2D eigenvalue weighted by Crippen LogP contribution is 2.16. The Balaban J connectivity index is 1.38. The number of hydrogen-bond donors (Lipinski definition) is 1. The molecule has 1 aromatic heterocycles. The summed E-state index contributed by atoms with van der Waals surface area (Å²) >= 11 is 1.62. The van der Waals surface area contributed by atoms with Gasteiger partial charge in [-0.3, -0.25) is 9.69 Å². The topological polar surface area (TPSA) is 32.3 Å². The summed E-state index contributed by atoms with van der Waals surface area (Å²) in [6.45, 7) is 3.31. The summed E-state index contributed by atoms with van der Waals surface area (Å²) in [6.07, 6.45) is 3.92. The normalized spacial score (nSPS) is 14.1. The molecule has 0 atom stereocenters. The molecule has 1 aliphatic rings. The van der Waals surface area contributed by atoms with Gasteiger partial charge in [0.25, 0.3) is 5.91 Å². The van der Waals surface area contributed by atoms with E-state index in [-0.39, 0.29) is 5.91 Å². The smallest absolute Gasteiger partial charge is 0.255 e. The summed E-state index contributed by atoms with van der Waals surface area (Å²) in [5.41, 5.74) is 3.57. The van der Waals surface area contributed by atoms with Crippen LogP contribution in [0.25, 0.3) is 0 Å². The maximum Gasteiger partial charge on any atom is 0.255 e. The summed E-state index contributed by atoms with van der Waals surface area (Å²) in [5.74, 6) is 6.20. The lowest BCUT2D eigenvalue weighted by atomic mass is 10.1. The number of thiophene rings is 1. The first-order valence-corrected chi connectivity index (χ1v) is 10.9. The average molecular weight is 401 g/mol. The predicted octanol–water partition coefficient (Wildman–Crippen LogP) is 5.39. The van der Waals surface area contributed by atoms with Crippen LogP contribution in [0.4, 0.5) is 5.69 Å². The Labute approximate surface area is 176 Å². The number of rotatable bonds is 4. The minimum atomic E-state index is -0.0992. The molecule has 0 radical (unpaired) electrons. The Bertz CT molecular complexity index is 1010. The number of nitrogens with one attached hydrogen (secondary N) is 1. The van der Waals surface area contributed by atoms with Crippen molar-refractivity contribution < 1.29 is 4.79 Å². The Kier molecular flexibility index (Phi) is 6.41. The molecule has 0 bridgehead atoms. The van der Waals surface area contributed by atoms with E-state index < -0.39 is 0 Å². The standard InChI is InChI=1S/C25H24N2OS/c28-25(22-12-9-21(10-13-22)19-27-15-2-1-3-16-27)26-23-7-4-6-20(18-23)11-14-24-8-5-17-29-24/h4-10,12-13,17-18H,1-3,15-16,19H2,(H,26,28). The first-order chi connectivity index (χ1) is 14.3. The van der Waals surface area contributed by atoms with Gasteiger partial charge >= 0.3 is 0 Å². The molecule has 2 aromatic carbocycles. The van der Waals surface area contributed by atoms with Gasteiger partial charge in [0.1, 0.15) is 0 Å². The van der Waals surface area contributed by atoms with Crippen molar-refractivity contribution in [3.05, 3.63) is 87.6 Å². The van der Waals surface area contributed by atoms with Gasteiger partial charge in [0, 0.05) is 23.4 Å². The zero-order chi connectivity index (χ0) is 19.9. The summed E-state index contributed by atoms with van der Waals surface area (Å²) in [5, 5.41) is 4.99. The van der Waals surface area contributed by atoms with Crippen LogP contribution < -0.4 is 5.32 Å². The van der Waals surface area contributed by atoms with Gasteiger partial charge in [0.2, 0.25) is 0 Å². The lowest BCUT2D eigenvalue weighted by Crippen LogP contribution is -2.29. The molecule has 0 saturated carbocycles. The molecule has 3 aromatic rings. The second kappa shape index (κ2) is 9.56. The number of likely N-dealkylation sites (tertiary alicyclic amines) is 1. The van der Waals surface area contributed by atoms with Crippen LogP contribution in [0, 0.1) is 11.8 Å². The van der Waals surface area contributed by atoms with Crippen LogP contribution in [0.1, 0.15) is 45.6 Å². The van der Waals surface area contributed by atoms with E-state index in [0.717, 1.165) is 22.7 Å². The maximum atomic E-state index is 12.6. The molecule has 1 amide bonds. The Morgan fingerprint density at radius 2 is 1.79 bits per heavy atom. The predicted molar refractivity (Wildman–Crippen MR) is 120 cm³/mol. The number of anilines is 1. The molecule has 29 heavy (non-hydrogen) atoms. The first kappa shape index (κ1) is 19.4. The molecule has 4 heteroatoms. The third-order valence-corrected chi connectivity index (χ3v) is 5.83.